The number of ether oxygens (including phenoxy) is 1. The maximum atomic E-state index is 6.15. The SMILES string of the molecule is CN(Cc1ccco1)C[C@@H]1OC[C@H]2CCN(Cc3ccco3)C[C@H]21. The molecule has 2 aromatic rings. The van der Waals surface area contributed by atoms with Gasteiger partial charge in [-0.3, -0.25) is 9.80 Å². The first kappa shape index (κ1) is 15.9. The van der Waals surface area contributed by atoms with Crippen LogP contribution in [0, 0.1) is 11.8 Å². The van der Waals surface area contributed by atoms with Gasteiger partial charge >= 0.3 is 0 Å². The average Bonchev–Trinajstić information content (AvgIpc) is 3.31. The Morgan fingerprint density at radius 1 is 1.17 bits per heavy atom. The minimum atomic E-state index is 0.314. The van der Waals surface area contributed by atoms with E-state index in [4.69, 9.17) is 13.6 Å². The van der Waals surface area contributed by atoms with E-state index in [1.807, 2.05) is 18.2 Å². The second kappa shape index (κ2) is 7.13. The summed E-state index contributed by atoms with van der Waals surface area (Å²) in [5.74, 6) is 3.39. The van der Waals surface area contributed by atoms with Gasteiger partial charge in [0.25, 0.3) is 0 Å². The molecule has 2 aliphatic rings. The van der Waals surface area contributed by atoms with Gasteiger partial charge in [-0.15, -0.1) is 0 Å². The van der Waals surface area contributed by atoms with E-state index in [1.54, 1.807) is 12.5 Å². The Morgan fingerprint density at radius 2 is 1.96 bits per heavy atom. The highest BCUT2D eigenvalue weighted by molar-refractivity contribution is 5.00. The van der Waals surface area contributed by atoms with Crippen LogP contribution in [0.25, 0.3) is 0 Å². The predicted molar refractivity (Wildman–Crippen MR) is 90.4 cm³/mol. The van der Waals surface area contributed by atoms with Gasteiger partial charge in [0.15, 0.2) is 0 Å². The van der Waals surface area contributed by atoms with Gasteiger partial charge in [0.1, 0.15) is 11.5 Å². The van der Waals surface area contributed by atoms with E-state index in [9.17, 15) is 0 Å². The molecule has 2 aliphatic heterocycles. The van der Waals surface area contributed by atoms with Crippen LogP contribution in [0.5, 0.6) is 0 Å². The third-order valence-corrected chi connectivity index (χ3v) is 5.35. The molecule has 0 aliphatic carbocycles. The summed E-state index contributed by atoms with van der Waals surface area (Å²) in [4.78, 5) is 4.81. The maximum Gasteiger partial charge on any atom is 0.117 e. The van der Waals surface area contributed by atoms with Crippen LogP contribution in [-0.2, 0) is 17.8 Å². The van der Waals surface area contributed by atoms with Crippen molar-refractivity contribution in [1.82, 2.24) is 9.80 Å². The number of likely N-dealkylation sites (tertiary alicyclic amines) is 1. The zero-order chi connectivity index (χ0) is 16.4. The molecule has 0 N–H and O–H groups in total. The minimum absolute atomic E-state index is 0.314. The lowest BCUT2D eigenvalue weighted by Gasteiger charge is -2.36. The maximum absolute atomic E-state index is 6.15. The molecule has 5 heteroatoms. The number of hydrogen-bond donors (Lipinski definition) is 0. The fourth-order valence-corrected chi connectivity index (χ4v) is 4.09. The molecule has 4 heterocycles. The van der Waals surface area contributed by atoms with Crippen LogP contribution in [0.1, 0.15) is 17.9 Å². The average molecular weight is 330 g/mol. The van der Waals surface area contributed by atoms with Crippen molar-refractivity contribution in [2.75, 3.05) is 33.3 Å². The van der Waals surface area contributed by atoms with Crippen LogP contribution in [0.2, 0.25) is 0 Å². The third kappa shape index (κ3) is 3.58. The summed E-state index contributed by atoms with van der Waals surface area (Å²) in [5.41, 5.74) is 0. The van der Waals surface area contributed by atoms with Crippen LogP contribution in [0.3, 0.4) is 0 Å². The third-order valence-electron chi connectivity index (χ3n) is 5.35. The highest BCUT2D eigenvalue weighted by atomic mass is 16.5. The van der Waals surface area contributed by atoms with Gasteiger partial charge in [-0.2, -0.15) is 0 Å². The summed E-state index contributed by atoms with van der Waals surface area (Å²) >= 11 is 0. The van der Waals surface area contributed by atoms with Crippen molar-refractivity contribution < 1.29 is 13.6 Å². The monoisotopic (exact) mass is 330 g/mol. The van der Waals surface area contributed by atoms with E-state index in [2.05, 4.69) is 22.9 Å². The van der Waals surface area contributed by atoms with E-state index in [-0.39, 0.29) is 0 Å². The number of hydrogen-bond acceptors (Lipinski definition) is 5. The zero-order valence-corrected chi connectivity index (χ0v) is 14.3. The Kier molecular flexibility index (Phi) is 4.74. The summed E-state index contributed by atoms with van der Waals surface area (Å²) in [6, 6.07) is 8.00. The lowest BCUT2D eigenvalue weighted by atomic mass is 9.84. The van der Waals surface area contributed by atoms with Crippen molar-refractivity contribution in [1.29, 1.82) is 0 Å². The van der Waals surface area contributed by atoms with Crippen molar-refractivity contribution in [3.05, 3.63) is 48.3 Å². The zero-order valence-electron chi connectivity index (χ0n) is 14.3. The topological polar surface area (TPSA) is 42.0 Å². The molecule has 5 nitrogen and oxygen atoms in total. The molecule has 2 saturated heterocycles. The molecule has 24 heavy (non-hydrogen) atoms. The summed E-state index contributed by atoms with van der Waals surface area (Å²) in [5, 5.41) is 0. The van der Waals surface area contributed by atoms with Crippen molar-refractivity contribution in [3.8, 4) is 0 Å². The molecule has 0 bridgehead atoms. The summed E-state index contributed by atoms with van der Waals surface area (Å²) in [6.45, 7) is 5.85. The van der Waals surface area contributed by atoms with Gasteiger partial charge in [0.05, 0.1) is 38.3 Å². The van der Waals surface area contributed by atoms with Gasteiger partial charge in [-0.25, -0.2) is 0 Å². The lowest BCUT2D eigenvalue weighted by molar-refractivity contribution is 0.0449. The van der Waals surface area contributed by atoms with E-state index >= 15 is 0 Å². The first-order chi connectivity index (χ1) is 11.8. The molecule has 0 spiro atoms. The van der Waals surface area contributed by atoms with Crippen LogP contribution in [-0.4, -0.2) is 49.2 Å². The Morgan fingerprint density at radius 3 is 2.71 bits per heavy atom. The summed E-state index contributed by atoms with van der Waals surface area (Å²) < 4.78 is 17.1. The lowest BCUT2D eigenvalue weighted by Crippen LogP contribution is -2.44. The molecule has 0 saturated carbocycles. The van der Waals surface area contributed by atoms with Gasteiger partial charge in [0, 0.05) is 19.0 Å². The molecule has 0 radical (unpaired) electrons. The van der Waals surface area contributed by atoms with Crippen LogP contribution in [0.15, 0.2) is 45.6 Å². The largest absolute Gasteiger partial charge is 0.468 e. The highest BCUT2D eigenvalue weighted by Gasteiger charge is 2.41. The predicted octanol–water partition coefficient (Wildman–Crippen LogP) is 2.84. The minimum Gasteiger partial charge on any atom is -0.468 e. The fourth-order valence-electron chi connectivity index (χ4n) is 4.09. The molecular weight excluding hydrogens is 304 g/mol. The standard InChI is InChI=1S/C19H26N2O3/c1-20(10-16-4-2-8-22-16)13-19-18-12-21(7-6-15(18)14-24-19)11-17-5-3-9-23-17/h2-5,8-9,15,18-19H,6-7,10-14H2,1H3/t15-,18-,19+/m1/s1. The summed E-state index contributed by atoms with van der Waals surface area (Å²) in [6.07, 6.45) is 5.03. The number of piperidine rings is 1. The summed E-state index contributed by atoms with van der Waals surface area (Å²) in [7, 11) is 2.14. The molecule has 0 amide bonds. The molecule has 2 fully saturated rings. The van der Waals surface area contributed by atoms with E-state index in [0.717, 1.165) is 50.9 Å². The normalized spacial score (nSPS) is 27.7. The number of fused-ring (bicyclic) bond motifs is 1. The van der Waals surface area contributed by atoms with Gasteiger partial charge in [-0.05, 0) is 50.2 Å². The highest BCUT2D eigenvalue weighted by Crippen LogP contribution is 2.35. The van der Waals surface area contributed by atoms with Crippen LogP contribution >= 0.6 is 0 Å². The van der Waals surface area contributed by atoms with Gasteiger partial charge in [0.2, 0.25) is 0 Å². The Bertz CT molecular complexity index is 611. The molecule has 130 valence electrons. The smallest absolute Gasteiger partial charge is 0.117 e. The quantitative estimate of drug-likeness (QED) is 0.815. The van der Waals surface area contributed by atoms with Crippen molar-refractivity contribution in [3.63, 3.8) is 0 Å². The first-order valence-corrected chi connectivity index (χ1v) is 8.85. The van der Waals surface area contributed by atoms with Gasteiger partial charge < -0.3 is 13.6 Å². The molecule has 3 atom stereocenters. The number of rotatable bonds is 6. The van der Waals surface area contributed by atoms with Gasteiger partial charge in [-0.1, -0.05) is 0 Å². The van der Waals surface area contributed by atoms with E-state index in [0.29, 0.717) is 17.9 Å². The van der Waals surface area contributed by atoms with E-state index in [1.165, 1.54) is 6.42 Å². The Hall–Kier alpha value is -1.56. The molecule has 0 unspecified atom stereocenters. The van der Waals surface area contributed by atoms with Crippen LogP contribution < -0.4 is 0 Å². The molecule has 0 aromatic carbocycles. The van der Waals surface area contributed by atoms with Crippen molar-refractivity contribution in [2.45, 2.75) is 25.6 Å². The van der Waals surface area contributed by atoms with E-state index < -0.39 is 0 Å². The van der Waals surface area contributed by atoms with Crippen LogP contribution in [0.4, 0.5) is 0 Å². The number of furan rings is 2. The van der Waals surface area contributed by atoms with Crippen molar-refractivity contribution in [2.24, 2.45) is 11.8 Å². The Balaban J connectivity index is 1.33. The first-order valence-electron chi connectivity index (χ1n) is 8.85. The number of likely N-dealkylation sites (N-methyl/N-ethyl adjacent to an activating group) is 1. The molecular formula is C19H26N2O3. The second-order valence-corrected chi connectivity index (χ2v) is 7.17. The fraction of sp³-hybridized carbons (Fsp3) is 0.579. The molecule has 4 rings (SSSR count). The number of nitrogens with zero attached hydrogens (tertiary/aromatic N) is 2. The Labute approximate surface area is 143 Å². The second-order valence-electron chi connectivity index (χ2n) is 7.17. The van der Waals surface area contributed by atoms with Crippen molar-refractivity contribution >= 4 is 0 Å². The molecule has 2 aromatic heterocycles.